The minimum atomic E-state index is 0.0105. The van der Waals surface area contributed by atoms with Gasteiger partial charge in [0, 0.05) is 23.7 Å². The Morgan fingerprint density at radius 3 is 2.58 bits per heavy atom. The summed E-state index contributed by atoms with van der Waals surface area (Å²) in [5.41, 5.74) is 1.33. The number of thioether (sulfide) groups is 1. The molecule has 1 aliphatic rings. The number of hydrogen-bond acceptors (Lipinski definition) is 3. The molecule has 1 aromatic carbocycles. The van der Waals surface area contributed by atoms with Crippen LogP contribution in [0.25, 0.3) is 0 Å². The van der Waals surface area contributed by atoms with Crippen molar-refractivity contribution in [2.75, 3.05) is 13.1 Å². The minimum absolute atomic E-state index is 0.0105. The minimum Gasteiger partial charge on any atom is -0.337 e. The second kappa shape index (κ2) is 8.83. The van der Waals surface area contributed by atoms with Gasteiger partial charge in [0.05, 0.1) is 20.8 Å². The molecule has 0 radical (unpaired) electrons. The van der Waals surface area contributed by atoms with Crippen LogP contribution in [0.4, 0.5) is 0 Å². The lowest BCUT2D eigenvalue weighted by Gasteiger charge is -2.30. The van der Waals surface area contributed by atoms with Gasteiger partial charge in [-0.05, 0) is 43.0 Å². The molecule has 0 bridgehead atoms. The SMILES string of the molecule is CC1CCN(C(=O)c2cccc(CSc3cc(Cl)c(Cl)cc3Cl)n2)CC1. The first-order valence-corrected chi connectivity index (χ1v) is 10.6. The normalized spacial score (nSPS) is 15.3. The third kappa shape index (κ3) is 4.86. The Labute approximate surface area is 173 Å². The van der Waals surface area contributed by atoms with Gasteiger partial charge in [-0.25, -0.2) is 4.98 Å². The molecule has 1 fully saturated rings. The Bertz CT molecular complexity index is 807. The number of amides is 1. The quantitative estimate of drug-likeness (QED) is 0.428. The average molecular weight is 430 g/mol. The second-order valence-electron chi connectivity index (χ2n) is 6.47. The van der Waals surface area contributed by atoms with Gasteiger partial charge in [0.2, 0.25) is 0 Å². The molecule has 2 heterocycles. The summed E-state index contributed by atoms with van der Waals surface area (Å²) in [4.78, 5) is 19.9. The highest BCUT2D eigenvalue weighted by molar-refractivity contribution is 7.98. The van der Waals surface area contributed by atoms with E-state index in [4.69, 9.17) is 34.8 Å². The summed E-state index contributed by atoms with van der Waals surface area (Å²) in [6.07, 6.45) is 2.11. The van der Waals surface area contributed by atoms with Crippen LogP contribution in [0.15, 0.2) is 35.2 Å². The van der Waals surface area contributed by atoms with Gasteiger partial charge in [-0.1, -0.05) is 47.8 Å². The van der Waals surface area contributed by atoms with E-state index in [2.05, 4.69) is 11.9 Å². The van der Waals surface area contributed by atoms with Gasteiger partial charge in [0.25, 0.3) is 5.91 Å². The van der Waals surface area contributed by atoms with Crippen LogP contribution in [0.1, 0.15) is 35.9 Å². The summed E-state index contributed by atoms with van der Waals surface area (Å²) >= 11 is 19.8. The number of carbonyl (C=O) groups is 1. The maximum absolute atomic E-state index is 12.7. The molecule has 0 atom stereocenters. The number of likely N-dealkylation sites (tertiary alicyclic amines) is 1. The van der Waals surface area contributed by atoms with E-state index in [9.17, 15) is 4.79 Å². The zero-order chi connectivity index (χ0) is 18.7. The van der Waals surface area contributed by atoms with Gasteiger partial charge in [0.15, 0.2) is 0 Å². The third-order valence-electron chi connectivity index (χ3n) is 4.45. The van der Waals surface area contributed by atoms with E-state index in [-0.39, 0.29) is 5.91 Å². The zero-order valence-electron chi connectivity index (χ0n) is 14.3. The summed E-state index contributed by atoms with van der Waals surface area (Å²) in [6.45, 7) is 3.84. The number of nitrogens with zero attached hydrogens (tertiary/aromatic N) is 2. The van der Waals surface area contributed by atoms with Crippen LogP contribution in [-0.4, -0.2) is 28.9 Å². The van der Waals surface area contributed by atoms with Crippen molar-refractivity contribution in [1.29, 1.82) is 0 Å². The Kier molecular flexibility index (Phi) is 6.73. The van der Waals surface area contributed by atoms with Crippen LogP contribution >= 0.6 is 46.6 Å². The van der Waals surface area contributed by atoms with Gasteiger partial charge in [-0.3, -0.25) is 4.79 Å². The number of hydrogen-bond donors (Lipinski definition) is 0. The predicted molar refractivity (Wildman–Crippen MR) is 110 cm³/mol. The maximum Gasteiger partial charge on any atom is 0.272 e. The number of piperidine rings is 1. The largest absolute Gasteiger partial charge is 0.337 e. The standard InChI is InChI=1S/C19H19Cl3N2OS/c1-12-5-7-24(8-6-12)19(25)17-4-2-3-13(23-17)11-26-18-10-15(21)14(20)9-16(18)22/h2-4,9-10,12H,5-8,11H2,1H3. The molecule has 7 heteroatoms. The molecule has 1 saturated heterocycles. The Morgan fingerprint density at radius 1 is 1.15 bits per heavy atom. The van der Waals surface area contributed by atoms with E-state index in [1.807, 2.05) is 17.0 Å². The van der Waals surface area contributed by atoms with Crippen LogP contribution in [0.3, 0.4) is 0 Å². The molecule has 0 saturated carbocycles. The zero-order valence-corrected chi connectivity index (χ0v) is 17.4. The Hall–Kier alpha value is -0.940. The Balaban J connectivity index is 1.68. The van der Waals surface area contributed by atoms with E-state index in [0.717, 1.165) is 36.5 Å². The lowest BCUT2D eigenvalue weighted by atomic mass is 9.99. The number of aromatic nitrogens is 1. The lowest BCUT2D eigenvalue weighted by Crippen LogP contribution is -2.38. The second-order valence-corrected chi connectivity index (χ2v) is 8.71. The molecule has 0 aliphatic carbocycles. The molecule has 1 amide bonds. The lowest BCUT2D eigenvalue weighted by molar-refractivity contribution is 0.0691. The maximum atomic E-state index is 12.7. The first kappa shape index (κ1) is 19.8. The molecule has 3 rings (SSSR count). The van der Waals surface area contributed by atoms with E-state index < -0.39 is 0 Å². The van der Waals surface area contributed by atoms with Crippen LogP contribution < -0.4 is 0 Å². The molecule has 0 spiro atoms. The van der Waals surface area contributed by atoms with Crippen LogP contribution in [0, 0.1) is 5.92 Å². The highest BCUT2D eigenvalue weighted by Crippen LogP contribution is 2.36. The Morgan fingerprint density at radius 2 is 1.85 bits per heavy atom. The molecule has 0 unspecified atom stereocenters. The van der Waals surface area contributed by atoms with Gasteiger partial charge >= 0.3 is 0 Å². The summed E-state index contributed by atoms with van der Waals surface area (Å²) in [5.74, 6) is 1.29. The summed E-state index contributed by atoms with van der Waals surface area (Å²) in [7, 11) is 0. The van der Waals surface area contributed by atoms with Crippen molar-refractivity contribution < 1.29 is 4.79 Å². The highest BCUT2D eigenvalue weighted by atomic mass is 35.5. The molecule has 3 nitrogen and oxygen atoms in total. The summed E-state index contributed by atoms with van der Waals surface area (Å²) < 4.78 is 0. The monoisotopic (exact) mass is 428 g/mol. The fourth-order valence-corrected chi connectivity index (χ4v) is 4.46. The highest BCUT2D eigenvalue weighted by Gasteiger charge is 2.22. The number of carbonyl (C=O) groups excluding carboxylic acids is 1. The molecular formula is C19H19Cl3N2OS. The van der Waals surface area contributed by atoms with Crippen molar-refractivity contribution >= 4 is 52.5 Å². The summed E-state index contributed by atoms with van der Waals surface area (Å²) in [6, 6.07) is 8.95. The van der Waals surface area contributed by atoms with Gasteiger partial charge < -0.3 is 4.90 Å². The smallest absolute Gasteiger partial charge is 0.272 e. The van der Waals surface area contributed by atoms with Crippen molar-refractivity contribution in [1.82, 2.24) is 9.88 Å². The predicted octanol–water partition coefficient (Wildman–Crippen LogP) is 6.21. The molecular weight excluding hydrogens is 411 g/mol. The molecule has 1 aliphatic heterocycles. The summed E-state index contributed by atoms with van der Waals surface area (Å²) in [5, 5.41) is 1.46. The van der Waals surface area contributed by atoms with Crippen LogP contribution in [0.2, 0.25) is 15.1 Å². The molecule has 0 N–H and O–H groups in total. The van der Waals surface area contributed by atoms with Gasteiger partial charge in [-0.2, -0.15) is 0 Å². The molecule has 2 aromatic rings. The topological polar surface area (TPSA) is 33.2 Å². The van der Waals surface area contributed by atoms with E-state index in [0.29, 0.717) is 32.4 Å². The van der Waals surface area contributed by atoms with Gasteiger partial charge in [-0.15, -0.1) is 11.8 Å². The van der Waals surface area contributed by atoms with Crippen LogP contribution in [-0.2, 0) is 5.75 Å². The number of rotatable bonds is 4. The van der Waals surface area contributed by atoms with Crippen LogP contribution in [0.5, 0.6) is 0 Å². The first-order valence-electron chi connectivity index (χ1n) is 8.46. The number of pyridine rings is 1. The number of benzene rings is 1. The molecule has 26 heavy (non-hydrogen) atoms. The van der Waals surface area contributed by atoms with Crippen molar-refractivity contribution in [3.8, 4) is 0 Å². The van der Waals surface area contributed by atoms with E-state index in [1.165, 1.54) is 11.8 Å². The average Bonchev–Trinajstić information content (AvgIpc) is 2.64. The van der Waals surface area contributed by atoms with E-state index in [1.54, 1.807) is 18.2 Å². The fraction of sp³-hybridized carbons (Fsp3) is 0.368. The van der Waals surface area contributed by atoms with Crippen molar-refractivity contribution in [3.63, 3.8) is 0 Å². The molecule has 138 valence electrons. The third-order valence-corrected chi connectivity index (χ3v) is 6.68. The first-order chi connectivity index (χ1) is 12.4. The van der Waals surface area contributed by atoms with Crippen molar-refractivity contribution in [2.24, 2.45) is 5.92 Å². The fourth-order valence-electron chi connectivity index (χ4n) is 2.82. The van der Waals surface area contributed by atoms with E-state index >= 15 is 0 Å². The number of halogens is 3. The van der Waals surface area contributed by atoms with Crippen molar-refractivity contribution in [2.45, 2.75) is 30.4 Å². The molecule has 1 aromatic heterocycles. The van der Waals surface area contributed by atoms with Gasteiger partial charge in [0.1, 0.15) is 5.69 Å². The van der Waals surface area contributed by atoms with Crippen molar-refractivity contribution in [3.05, 3.63) is 56.8 Å².